The second-order valence-corrected chi connectivity index (χ2v) is 5.42. The molecule has 0 radical (unpaired) electrons. The number of nitrogens with zero attached hydrogens (tertiary/aromatic N) is 2. The van der Waals surface area contributed by atoms with Crippen LogP contribution < -0.4 is 0 Å². The van der Waals surface area contributed by atoms with E-state index in [1.54, 1.807) is 0 Å². The zero-order valence-corrected chi connectivity index (χ0v) is 11.9. The Morgan fingerprint density at radius 1 is 0.929 bits per heavy atom. The van der Waals surface area contributed by atoms with E-state index in [4.69, 9.17) is 0 Å². The van der Waals surface area contributed by atoms with Crippen LogP contribution in [0.15, 0.2) is 0 Å². The van der Waals surface area contributed by atoms with Gasteiger partial charge in [-0.25, -0.2) is 0 Å². The van der Waals surface area contributed by atoms with E-state index in [9.17, 15) is 0 Å². The van der Waals surface area contributed by atoms with Gasteiger partial charge in [-0.2, -0.15) is 0 Å². The number of unbranched alkanes of at least 4 members (excludes halogenated alkanes) is 2. The molecule has 0 aliphatic rings. The molecular formula is C10H26ClN2P. The van der Waals surface area contributed by atoms with Gasteiger partial charge in [-0.05, 0) is 26.9 Å². The Morgan fingerprint density at radius 3 is 1.64 bits per heavy atom. The van der Waals surface area contributed by atoms with Crippen LogP contribution in [-0.2, 0) is 0 Å². The van der Waals surface area contributed by atoms with Crippen molar-refractivity contribution in [2.45, 2.75) is 39.5 Å². The lowest BCUT2D eigenvalue weighted by Crippen LogP contribution is -2.21. The maximum Gasteiger partial charge on any atom is 0.0234 e. The van der Waals surface area contributed by atoms with Crippen molar-refractivity contribution in [3.8, 4) is 0 Å². The van der Waals surface area contributed by atoms with Gasteiger partial charge in [0.25, 0.3) is 0 Å². The molecular weight excluding hydrogens is 215 g/mol. The quantitative estimate of drug-likeness (QED) is 0.600. The van der Waals surface area contributed by atoms with Gasteiger partial charge in [0.2, 0.25) is 0 Å². The lowest BCUT2D eigenvalue weighted by atomic mass is 10.3. The highest BCUT2D eigenvalue weighted by molar-refractivity contribution is 7.32. The average molecular weight is 241 g/mol. The molecule has 0 aliphatic heterocycles. The van der Waals surface area contributed by atoms with Gasteiger partial charge in [0, 0.05) is 22.0 Å². The molecule has 1 unspecified atom stereocenters. The van der Waals surface area contributed by atoms with Crippen molar-refractivity contribution in [2.24, 2.45) is 0 Å². The molecule has 4 heteroatoms. The van der Waals surface area contributed by atoms with Crippen molar-refractivity contribution in [2.75, 3.05) is 27.2 Å². The molecule has 0 rings (SSSR count). The van der Waals surface area contributed by atoms with Gasteiger partial charge in [0.05, 0.1) is 0 Å². The zero-order valence-electron chi connectivity index (χ0n) is 10.0. The van der Waals surface area contributed by atoms with Crippen LogP contribution in [-0.4, -0.2) is 36.5 Å². The molecule has 0 N–H and O–H groups in total. The summed E-state index contributed by atoms with van der Waals surface area (Å²) in [5.41, 5.74) is 0. The van der Waals surface area contributed by atoms with Gasteiger partial charge < -0.3 is 0 Å². The smallest absolute Gasteiger partial charge is 0.0234 e. The van der Waals surface area contributed by atoms with Crippen molar-refractivity contribution in [1.29, 1.82) is 0 Å². The van der Waals surface area contributed by atoms with Crippen molar-refractivity contribution >= 4 is 21.3 Å². The molecule has 0 aliphatic carbocycles. The summed E-state index contributed by atoms with van der Waals surface area (Å²) >= 11 is 0. The Balaban J connectivity index is 0. The van der Waals surface area contributed by atoms with E-state index in [0.717, 1.165) is 8.88 Å². The fourth-order valence-corrected chi connectivity index (χ4v) is 2.27. The molecule has 14 heavy (non-hydrogen) atoms. The Morgan fingerprint density at radius 2 is 1.36 bits per heavy atom. The standard InChI is InChI=1S/C10H25N2P.ClH/c1-5-7-9-12(10-8-6-2)13-11(3)4;/h13H,5-10H2,1-4H3;1H. The zero-order chi connectivity index (χ0) is 10.1. The molecule has 0 heterocycles. The predicted octanol–water partition coefficient (Wildman–Crippen LogP) is 3.38. The Bertz CT molecular complexity index is 104. The third kappa shape index (κ3) is 10.7. The minimum Gasteiger partial charge on any atom is -0.279 e. The molecule has 0 saturated heterocycles. The second-order valence-electron chi connectivity index (χ2n) is 3.69. The van der Waals surface area contributed by atoms with Crippen molar-refractivity contribution in [1.82, 2.24) is 9.34 Å². The van der Waals surface area contributed by atoms with Crippen LogP contribution in [0.1, 0.15) is 39.5 Å². The van der Waals surface area contributed by atoms with Gasteiger partial charge in [-0.3, -0.25) is 9.34 Å². The van der Waals surface area contributed by atoms with Crippen molar-refractivity contribution in [3.05, 3.63) is 0 Å². The van der Waals surface area contributed by atoms with E-state index in [1.807, 2.05) is 0 Å². The summed E-state index contributed by atoms with van der Waals surface area (Å²) < 4.78 is 4.86. The Hall–Kier alpha value is 0.640. The molecule has 0 amide bonds. The molecule has 1 atom stereocenters. The van der Waals surface area contributed by atoms with E-state index in [2.05, 4.69) is 37.3 Å². The largest absolute Gasteiger partial charge is 0.279 e. The average Bonchev–Trinajstić information content (AvgIpc) is 2.09. The summed E-state index contributed by atoms with van der Waals surface area (Å²) in [6, 6.07) is 0. The first-order chi connectivity index (χ1) is 6.20. The van der Waals surface area contributed by atoms with Crippen LogP contribution in [0.25, 0.3) is 0 Å². The third-order valence-electron chi connectivity index (χ3n) is 1.90. The van der Waals surface area contributed by atoms with Gasteiger partial charge >= 0.3 is 0 Å². The van der Waals surface area contributed by atoms with Crippen LogP contribution >= 0.6 is 21.3 Å². The maximum atomic E-state index is 2.58. The molecule has 2 nitrogen and oxygen atoms in total. The molecule has 88 valence electrons. The minimum atomic E-state index is 0. The van der Waals surface area contributed by atoms with Crippen molar-refractivity contribution in [3.63, 3.8) is 0 Å². The minimum absolute atomic E-state index is 0. The van der Waals surface area contributed by atoms with E-state index < -0.39 is 0 Å². The van der Waals surface area contributed by atoms with Gasteiger partial charge in [0.1, 0.15) is 0 Å². The normalized spacial score (nSPS) is 11.6. The number of hydrogen-bond acceptors (Lipinski definition) is 2. The summed E-state index contributed by atoms with van der Waals surface area (Å²) in [6.45, 7) is 7.06. The molecule has 0 spiro atoms. The lowest BCUT2D eigenvalue weighted by Gasteiger charge is -2.24. The highest BCUT2D eigenvalue weighted by atomic mass is 35.5. The van der Waals surface area contributed by atoms with E-state index in [1.165, 1.54) is 38.8 Å². The van der Waals surface area contributed by atoms with Crippen LogP contribution in [0, 0.1) is 0 Å². The van der Waals surface area contributed by atoms with Gasteiger partial charge in [-0.1, -0.05) is 26.7 Å². The van der Waals surface area contributed by atoms with E-state index in [-0.39, 0.29) is 12.4 Å². The fraction of sp³-hybridized carbons (Fsp3) is 1.00. The van der Waals surface area contributed by atoms with Crippen LogP contribution in [0.2, 0.25) is 0 Å². The molecule has 0 aromatic heterocycles. The highest BCUT2D eigenvalue weighted by Gasteiger charge is 2.04. The molecule has 0 saturated carbocycles. The Labute approximate surface area is 97.7 Å². The number of rotatable bonds is 8. The van der Waals surface area contributed by atoms with Crippen LogP contribution in [0.3, 0.4) is 0 Å². The second kappa shape index (κ2) is 11.7. The predicted molar refractivity (Wildman–Crippen MR) is 70.6 cm³/mol. The van der Waals surface area contributed by atoms with Gasteiger partial charge in [0.15, 0.2) is 0 Å². The molecule has 0 aromatic rings. The summed E-state index contributed by atoms with van der Waals surface area (Å²) in [7, 11) is 5.18. The molecule has 0 bridgehead atoms. The first-order valence-electron chi connectivity index (χ1n) is 5.39. The van der Waals surface area contributed by atoms with E-state index >= 15 is 0 Å². The van der Waals surface area contributed by atoms with Crippen LogP contribution in [0.5, 0.6) is 0 Å². The summed E-state index contributed by atoms with van der Waals surface area (Å²) in [4.78, 5) is 0. The number of hydrogen-bond donors (Lipinski definition) is 0. The van der Waals surface area contributed by atoms with Crippen molar-refractivity contribution < 1.29 is 0 Å². The van der Waals surface area contributed by atoms with Gasteiger partial charge in [-0.15, -0.1) is 12.4 Å². The first kappa shape index (κ1) is 17.0. The van der Waals surface area contributed by atoms with E-state index in [0.29, 0.717) is 0 Å². The fourth-order valence-electron chi connectivity index (χ4n) is 1.19. The Kier molecular flexibility index (Phi) is 14.3. The molecule has 0 aromatic carbocycles. The maximum absolute atomic E-state index is 2.58. The molecule has 0 fully saturated rings. The third-order valence-corrected chi connectivity index (χ3v) is 3.03. The number of halogens is 1. The topological polar surface area (TPSA) is 6.48 Å². The summed E-state index contributed by atoms with van der Waals surface area (Å²) in [6.07, 6.45) is 5.29. The summed E-state index contributed by atoms with van der Waals surface area (Å²) in [5, 5.41) is 0. The monoisotopic (exact) mass is 240 g/mol. The SMILES string of the molecule is CCCCN(CCCC)PN(C)C.Cl. The van der Waals surface area contributed by atoms with Crippen LogP contribution in [0.4, 0.5) is 0 Å². The lowest BCUT2D eigenvalue weighted by molar-refractivity contribution is 0.418. The first-order valence-corrected chi connectivity index (χ1v) is 6.28. The summed E-state index contributed by atoms with van der Waals surface area (Å²) in [5.74, 6) is 0. The highest BCUT2D eigenvalue weighted by Crippen LogP contribution is 2.21.